The van der Waals surface area contributed by atoms with E-state index < -0.39 is 76.9 Å². The quantitative estimate of drug-likeness (QED) is 0.0116. The van der Waals surface area contributed by atoms with Crippen LogP contribution < -0.4 is 151 Å². The molecule has 36 heteroatoms. The van der Waals surface area contributed by atoms with E-state index in [0.29, 0.717) is 28.9 Å². The molecule has 0 aliphatic rings. The van der Waals surface area contributed by atoms with Crippen molar-refractivity contribution in [1.29, 1.82) is 0 Å². The number of nitrogens with zero attached hydrogens (tertiary/aromatic N) is 8. The number of aromatic amines is 2. The Morgan fingerprint density at radius 3 is 1.60 bits per heavy atom. The molecule has 0 spiro atoms. The number of hydrogen-bond donors (Lipinski definition) is 6. The molecule has 6 N–H and O–H groups in total. The molecule has 0 amide bonds. The summed E-state index contributed by atoms with van der Waals surface area (Å²) >= 11 is 0.612. The molecule has 0 bridgehead atoms. The summed E-state index contributed by atoms with van der Waals surface area (Å²) in [4.78, 5) is 45.0. The van der Waals surface area contributed by atoms with Gasteiger partial charge in [0.25, 0.3) is 0 Å². The number of anilines is 4. The van der Waals surface area contributed by atoms with Crippen molar-refractivity contribution in [2.24, 2.45) is 20.5 Å². The van der Waals surface area contributed by atoms with Crippen LogP contribution in [0.25, 0.3) is 21.5 Å². The molecule has 0 saturated carbocycles. The van der Waals surface area contributed by atoms with Crippen LogP contribution in [-0.2, 0) is 45.4 Å². The Kier molecular flexibility index (Phi) is 24.3. The zero-order valence-corrected chi connectivity index (χ0v) is 51.9. The van der Waals surface area contributed by atoms with Gasteiger partial charge < -0.3 is 40.5 Å². The number of H-pyrrole nitrogens is 2. The Bertz CT molecular complexity index is 3920. The Morgan fingerprint density at radius 1 is 0.610 bits per heavy atom. The Morgan fingerprint density at radius 2 is 1.09 bits per heavy atom. The van der Waals surface area contributed by atoms with Gasteiger partial charge in [0.2, 0.25) is 11.9 Å². The first kappa shape index (κ1) is 65.7. The topological polar surface area (TPSA) is 429 Å². The minimum absolute atomic E-state index is 0. The van der Waals surface area contributed by atoms with E-state index in [4.69, 9.17) is 0 Å². The summed E-state index contributed by atoms with van der Waals surface area (Å²) in [7, 11) is -10.6. The predicted octanol–water partition coefficient (Wildman–Crippen LogP) is -6.83. The molecule has 8 aromatic rings. The maximum atomic E-state index is 13.0. The summed E-state index contributed by atoms with van der Waals surface area (Å²) in [5.41, 5.74) is -1.73. The first-order valence-electron chi connectivity index (χ1n) is 20.1. The molecule has 0 unspecified atom stereocenters. The van der Waals surface area contributed by atoms with Gasteiger partial charge in [-0.2, -0.15) is 38.8 Å². The number of aromatic hydroxyl groups is 2. The van der Waals surface area contributed by atoms with Gasteiger partial charge in [0.05, 0.1) is 67.9 Å². The third kappa shape index (κ3) is 16.2. The fourth-order valence-corrected chi connectivity index (χ4v) is 9.07. The number of phenolic OH excluding ortho intramolecular Hbond substituents is 2. The number of hydrogen-bond acceptors (Lipinski definition) is 28. The summed E-state index contributed by atoms with van der Waals surface area (Å²) in [6.45, 7) is 3.43. The number of azo groups is 2. The first-order valence-corrected chi connectivity index (χ1v) is 24.4. The van der Waals surface area contributed by atoms with Crippen molar-refractivity contribution in [2.45, 2.75) is 39.9 Å². The number of benzene rings is 6. The van der Waals surface area contributed by atoms with Gasteiger partial charge in [0.1, 0.15) is 43.3 Å². The molecular weight excluding hydrogens is 1140 g/mol. The van der Waals surface area contributed by atoms with Crippen molar-refractivity contribution in [3.63, 3.8) is 0 Å². The van der Waals surface area contributed by atoms with Crippen LogP contribution in [0.3, 0.4) is 0 Å². The summed E-state index contributed by atoms with van der Waals surface area (Å²) in [5.74, 6) is -3.09. The second-order valence-corrected chi connectivity index (χ2v) is 19.1. The molecular formula is C41H28N12Na4O16S4. The fourth-order valence-electron chi connectivity index (χ4n) is 6.95. The molecule has 0 aliphatic heterocycles. The third-order valence-corrected chi connectivity index (χ3v) is 12.9. The van der Waals surface area contributed by atoms with Gasteiger partial charge in [-0.3, -0.25) is 20.0 Å². The minimum Gasteiger partial charge on any atom is -0.744 e. The molecule has 376 valence electrons. The van der Waals surface area contributed by atoms with Gasteiger partial charge in [-0.15, -0.1) is 10.2 Å². The average Bonchev–Trinajstić information content (AvgIpc) is 3.31. The van der Waals surface area contributed by atoms with Crippen LogP contribution in [0.1, 0.15) is 22.8 Å². The van der Waals surface area contributed by atoms with Gasteiger partial charge >= 0.3 is 130 Å². The van der Waals surface area contributed by atoms with Crippen LogP contribution in [0.2, 0.25) is 0 Å². The first-order chi connectivity index (χ1) is 34.8. The van der Waals surface area contributed by atoms with Crippen LogP contribution >= 0.6 is 24.1 Å². The van der Waals surface area contributed by atoms with E-state index >= 15 is 0 Å². The summed E-state index contributed by atoms with van der Waals surface area (Å²) in [5, 5.41) is 72.7. The minimum atomic E-state index is -5.35. The molecule has 0 atom stereocenters. The second-order valence-electron chi connectivity index (χ2n) is 14.9. The zero-order chi connectivity index (χ0) is 52.2. The van der Waals surface area contributed by atoms with Crippen molar-refractivity contribution in [1.82, 2.24) is 29.9 Å². The fraction of sp³-hybridized carbons (Fsp3) is 0.0732. The largest absolute Gasteiger partial charge is 1.00 e. The average molecular weight is 1160 g/mol. The number of rotatable bonds is 18. The van der Waals surface area contributed by atoms with Gasteiger partial charge in [-0.25, -0.2) is 26.4 Å². The normalized spacial score (nSPS) is 11.5. The molecule has 0 aliphatic carbocycles. The van der Waals surface area contributed by atoms with Crippen molar-refractivity contribution < 1.29 is 184 Å². The number of nitrogens with one attached hydrogen (secondary N) is 4. The van der Waals surface area contributed by atoms with Gasteiger partial charge in [0, 0.05) is 15.7 Å². The molecule has 0 saturated heterocycles. The summed E-state index contributed by atoms with van der Waals surface area (Å²) < 4.78 is 83.6. The number of aromatic nitrogens is 6. The van der Waals surface area contributed by atoms with Crippen LogP contribution in [0.5, 0.6) is 11.5 Å². The zero-order valence-electron chi connectivity index (χ0n) is 40.6. The SMILES string of the molecule is Cc1ccccc1N=Nc1c(SOO[O-])cc2cc(S(=O)(=O)[O-])cc(Nc3nc(Cc4nc(Nc5cc(SOO[O-])cc6cc(S(=O)(=O)[O-])c(N=Nc7ccccc7C)c(O)c56)nc(=O)[nH]4)[nH]c(=O)n3)c2c1O.[Na+].[Na+].[Na+].[Na+]. The summed E-state index contributed by atoms with van der Waals surface area (Å²) in [6.07, 6.45) is -0.504. The van der Waals surface area contributed by atoms with Crippen molar-refractivity contribution in [3.8, 4) is 11.5 Å². The molecule has 6 aromatic carbocycles. The van der Waals surface area contributed by atoms with Crippen LogP contribution in [-0.4, -0.2) is 66.1 Å². The molecule has 2 heterocycles. The number of phenols is 2. The molecule has 0 fully saturated rings. The van der Waals surface area contributed by atoms with E-state index in [9.17, 15) is 56.3 Å². The van der Waals surface area contributed by atoms with Crippen molar-refractivity contribution >= 4 is 112 Å². The number of fused-ring (bicyclic) bond motifs is 2. The van der Waals surface area contributed by atoms with Gasteiger partial charge in [-0.1, -0.05) is 36.4 Å². The van der Waals surface area contributed by atoms with E-state index in [0.717, 1.165) is 18.2 Å². The summed E-state index contributed by atoms with van der Waals surface area (Å²) in [6, 6.07) is 19.6. The van der Waals surface area contributed by atoms with E-state index in [1.165, 1.54) is 18.2 Å². The van der Waals surface area contributed by atoms with Crippen molar-refractivity contribution in [2.75, 3.05) is 10.6 Å². The van der Waals surface area contributed by atoms with Crippen molar-refractivity contribution in [3.05, 3.63) is 129 Å². The van der Waals surface area contributed by atoms with E-state index in [-0.39, 0.29) is 196 Å². The molecule has 2 aromatic heterocycles. The van der Waals surface area contributed by atoms with Gasteiger partial charge in [-0.05, 0) is 84.3 Å². The Hall–Kier alpha value is -3.86. The van der Waals surface area contributed by atoms with E-state index in [1.54, 1.807) is 62.4 Å². The molecule has 0 radical (unpaired) electrons. The van der Waals surface area contributed by atoms with Crippen LogP contribution in [0.4, 0.5) is 46.0 Å². The molecule has 77 heavy (non-hydrogen) atoms. The molecule has 28 nitrogen and oxygen atoms in total. The van der Waals surface area contributed by atoms with Gasteiger partial charge in [0.15, 0.2) is 11.5 Å². The number of aryl methyl sites for hydroxylation is 2. The van der Waals surface area contributed by atoms with Crippen LogP contribution in [0.15, 0.2) is 135 Å². The second kappa shape index (κ2) is 28.5. The predicted molar refractivity (Wildman–Crippen MR) is 249 cm³/mol. The van der Waals surface area contributed by atoms with Crippen LogP contribution in [0, 0.1) is 13.8 Å². The standard InChI is InChI=1S/C41H32N12O16S4.4Na/c1-18-7-3-5-9-24(18)50-52-34-28(71-69-67-59)13-21-12-23(72(60,61)62)16-27(33(21)36(34)54)43-39-45-31(47-41(57)49-39)17-30-44-38(48-40(56)46-30)42-26-15-22(70-68-66-58)11-20-14-29(73(63,64)65)35(37(55)32(20)26)53-51-25-10-6-4-8-19(25)2;;;;/h3-16,54-55,58-59H,17H2,1-2H3,(H,60,61,62)(H,63,64,65)(H2,42,44,46,48,56)(H2,43,45,47,49,57);;;;/q;4*+1/p-4. The third-order valence-electron chi connectivity index (χ3n) is 10.1. The van der Waals surface area contributed by atoms with E-state index in [1.807, 2.05) is 0 Å². The monoisotopic (exact) mass is 1160 g/mol. The Labute approximate surface area is 530 Å². The smallest absolute Gasteiger partial charge is 0.744 e. The Balaban J connectivity index is 0.00000320. The maximum Gasteiger partial charge on any atom is 1.00 e. The molecule has 8 rings (SSSR count). The maximum absolute atomic E-state index is 13.0. The van der Waals surface area contributed by atoms with E-state index in [2.05, 4.69) is 79.7 Å².